The van der Waals surface area contributed by atoms with E-state index < -0.39 is 5.92 Å². The first-order valence-corrected chi connectivity index (χ1v) is 9.09. The summed E-state index contributed by atoms with van der Waals surface area (Å²) in [6.45, 7) is 3.38. The molecule has 26 heavy (non-hydrogen) atoms. The third-order valence-corrected chi connectivity index (χ3v) is 5.41. The lowest BCUT2D eigenvalue weighted by Crippen LogP contribution is -2.48. The number of hydrogen-bond acceptors (Lipinski definition) is 4. The van der Waals surface area contributed by atoms with Crippen LogP contribution in [0.5, 0.6) is 0 Å². The number of carbonyl (C=O) groups excluding carboxylic acids is 2. The summed E-state index contributed by atoms with van der Waals surface area (Å²) in [6.07, 6.45) is 2.34. The summed E-state index contributed by atoms with van der Waals surface area (Å²) in [5.74, 6) is -1.48. The van der Waals surface area contributed by atoms with Gasteiger partial charge in [-0.05, 0) is 56.6 Å². The molecular formula is C19H26FN3O3. The zero-order chi connectivity index (χ0) is 18.6. The fourth-order valence-corrected chi connectivity index (χ4v) is 3.83. The molecule has 0 aromatic heterocycles. The van der Waals surface area contributed by atoms with Gasteiger partial charge >= 0.3 is 0 Å². The number of anilines is 1. The van der Waals surface area contributed by atoms with Crippen molar-refractivity contribution in [2.24, 2.45) is 11.3 Å². The van der Waals surface area contributed by atoms with Crippen LogP contribution in [0, 0.1) is 17.2 Å². The van der Waals surface area contributed by atoms with Gasteiger partial charge in [0.15, 0.2) is 0 Å². The molecule has 1 atom stereocenters. The first-order chi connectivity index (χ1) is 12.5. The van der Waals surface area contributed by atoms with E-state index in [1.807, 2.05) is 0 Å². The second-order valence-corrected chi connectivity index (χ2v) is 7.21. The molecule has 2 amide bonds. The van der Waals surface area contributed by atoms with Crippen molar-refractivity contribution in [3.05, 3.63) is 30.1 Å². The fraction of sp³-hybridized carbons (Fsp3) is 0.579. The van der Waals surface area contributed by atoms with E-state index in [9.17, 15) is 14.0 Å². The predicted octanol–water partition coefficient (Wildman–Crippen LogP) is 1.31. The molecule has 6 nitrogen and oxygen atoms in total. The van der Waals surface area contributed by atoms with Crippen molar-refractivity contribution in [3.8, 4) is 0 Å². The van der Waals surface area contributed by atoms with Gasteiger partial charge in [0.2, 0.25) is 11.8 Å². The molecule has 2 aliphatic rings. The molecule has 0 bridgehead atoms. The summed E-state index contributed by atoms with van der Waals surface area (Å²) in [5, 5.41) is 6.30. The van der Waals surface area contributed by atoms with Crippen molar-refractivity contribution < 1.29 is 18.7 Å². The molecule has 7 heteroatoms. The van der Waals surface area contributed by atoms with E-state index in [4.69, 9.17) is 4.74 Å². The summed E-state index contributed by atoms with van der Waals surface area (Å²) < 4.78 is 18.4. The summed E-state index contributed by atoms with van der Waals surface area (Å²) in [7, 11) is 1.67. The molecule has 142 valence electrons. The van der Waals surface area contributed by atoms with Crippen molar-refractivity contribution in [1.29, 1.82) is 0 Å². The minimum absolute atomic E-state index is 0.0754. The van der Waals surface area contributed by atoms with Gasteiger partial charge in [0, 0.05) is 31.3 Å². The highest BCUT2D eigenvalue weighted by Gasteiger charge is 2.39. The molecule has 2 heterocycles. The Labute approximate surface area is 153 Å². The molecule has 0 aliphatic carbocycles. The average Bonchev–Trinajstić information content (AvgIpc) is 3.03. The highest BCUT2D eigenvalue weighted by atomic mass is 19.1. The molecule has 3 rings (SSSR count). The van der Waals surface area contributed by atoms with Crippen LogP contribution < -0.4 is 15.5 Å². The summed E-state index contributed by atoms with van der Waals surface area (Å²) in [6, 6.07) is 5.77. The van der Waals surface area contributed by atoms with Gasteiger partial charge in [0.05, 0.1) is 6.61 Å². The van der Waals surface area contributed by atoms with Crippen LogP contribution in [0.1, 0.15) is 19.3 Å². The van der Waals surface area contributed by atoms with Crippen LogP contribution in [-0.2, 0) is 14.3 Å². The number of methoxy groups -OCH3 is 1. The van der Waals surface area contributed by atoms with Crippen LogP contribution in [0.25, 0.3) is 0 Å². The summed E-state index contributed by atoms with van der Waals surface area (Å²) in [4.78, 5) is 26.8. The van der Waals surface area contributed by atoms with E-state index in [2.05, 4.69) is 10.6 Å². The number of ether oxygens (including phenoxy) is 1. The second-order valence-electron chi connectivity index (χ2n) is 7.21. The maximum atomic E-state index is 13.1. The quantitative estimate of drug-likeness (QED) is 0.748. The molecule has 0 saturated carbocycles. The Morgan fingerprint density at radius 2 is 2.04 bits per heavy atom. The van der Waals surface area contributed by atoms with E-state index >= 15 is 0 Å². The normalized spacial score (nSPS) is 22.5. The highest BCUT2D eigenvalue weighted by molar-refractivity contribution is 6.09. The van der Waals surface area contributed by atoms with Crippen molar-refractivity contribution in [1.82, 2.24) is 10.6 Å². The number of hydrogen-bond donors (Lipinski definition) is 2. The maximum absolute atomic E-state index is 13.1. The zero-order valence-corrected chi connectivity index (χ0v) is 15.1. The molecule has 1 unspecified atom stereocenters. The van der Waals surface area contributed by atoms with Gasteiger partial charge in [-0.25, -0.2) is 4.39 Å². The number of rotatable bonds is 6. The van der Waals surface area contributed by atoms with Gasteiger partial charge in [0.25, 0.3) is 0 Å². The molecule has 2 aliphatic heterocycles. The molecular weight excluding hydrogens is 337 g/mol. The van der Waals surface area contributed by atoms with E-state index in [1.54, 1.807) is 24.1 Å². The number of carbonyl (C=O) groups is 2. The van der Waals surface area contributed by atoms with Gasteiger partial charge < -0.3 is 20.3 Å². The number of piperidine rings is 1. The number of nitrogens with zero attached hydrogens (tertiary/aromatic N) is 1. The molecule has 2 fully saturated rings. The van der Waals surface area contributed by atoms with Crippen molar-refractivity contribution >= 4 is 17.5 Å². The van der Waals surface area contributed by atoms with Crippen LogP contribution in [0.4, 0.5) is 10.1 Å². The first kappa shape index (κ1) is 18.8. The molecule has 2 N–H and O–H groups in total. The monoisotopic (exact) mass is 363 g/mol. The van der Waals surface area contributed by atoms with Crippen LogP contribution >= 0.6 is 0 Å². The summed E-state index contributed by atoms with van der Waals surface area (Å²) in [5.41, 5.74) is 0.550. The minimum atomic E-state index is -0.679. The Morgan fingerprint density at radius 1 is 1.35 bits per heavy atom. The largest absolute Gasteiger partial charge is 0.384 e. The Bertz CT molecular complexity index is 638. The van der Waals surface area contributed by atoms with E-state index in [0.29, 0.717) is 31.8 Å². The highest BCUT2D eigenvalue weighted by Crippen LogP contribution is 2.29. The molecule has 2 saturated heterocycles. The Balaban J connectivity index is 1.59. The molecule has 0 radical (unpaired) electrons. The minimum Gasteiger partial charge on any atom is -0.384 e. The zero-order valence-electron chi connectivity index (χ0n) is 15.1. The maximum Gasteiger partial charge on any atom is 0.239 e. The van der Waals surface area contributed by atoms with Crippen molar-refractivity contribution in [2.45, 2.75) is 19.3 Å². The van der Waals surface area contributed by atoms with Gasteiger partial charge in [-0.1, -0.05) is 0 Å². The lowest BCUT2D eigenvalue weighted by atomic mass is 9.79. The number of halogens is 1. The lowest BCUT2D eigenvalue weighted by Gasteiger charge is -2.37. The number of nitrogens with one attached hydrogen (secondary N) is 2. The van der Waals surface area contributed by atoms with Crippen LogP contribution in [0.15, 0.2) is 24.3 Å². The van der Waals surface area contributed by atoms with E-state index in [0.717, 1.165) is 25.9 Å². The molecule has 0 spiro atoms. The Kier molecular flexibility index (Phi) is 5.88. The van der Waals surface area contributed by atoms with Crippen molar-refractivity contribution in [3.63, 3.8) is 0 Å². The number of benzene rings is 1. The van der Waals surface area contributed by atoms with Crippen LogP contribution in [-0.4, -0.2) is 51.7 Å². The topological polar surface area (TPSA) is 70.7 Å². The Morgan fingerprint density at radius 3 is 2.69 bits per heavy atom. The van der Waals surface area contributed by atoms with E-state index in [1.165, 1.54) is 12.1 Å². The van der Waals surface area contributed by atoms with Crippen LogP contribution in [0.3, 0.4) is 0 Å². The fourth-order valence-electron chi connectivity index (χ4n) is 3.83. The SMILES string of the molecule is COCC1(CNC(=O)C2CCN(c3ccc(F)cc3)C2=O)CCNCC1. The van der Waals surface area contributed by atoms with Crippen molar-refractivity contribution in [2.75, 3.05) is 44.8 Å². The number of amides is 2. The first-order valence-electron chi connectivity index (χ1n) is 9.09. The lowest BCUT2D eigenvalue weighted by molar-refractivity contribution is -0.132. The van der Waals surface area contributed by atoms with Gasteiger partial charge in [-0.3, -0.25) is 9.59 Å². The van der Waals surface area contributed by atoms with Crippen LogP contribution in [0.2, 0.25) is 0 Å². The smallest absolute Gasteiger partial charge is 0.239 e. The molecule has 1 aromatic rings. The second kappa shape index (κ2) is 8.14. The third-order valence-electron chi connectivity index (χ3n) is 5.41. The Hall–Kier alpha value is -1.99. The average molecular weight is 363 g/mol. The summed E-state index contributed by atoms with van der Waals surface area (Å²) >= 11 is 0. The van der Waals surface area contributed by atoms with Gasteiger partial charge in [-0.15, -0.1) is 0 Å². The molecule has 1 aromatic carbocycles. The van der Waals surface area contributed by atoms with Gasteiger partial charge in [-0.2, -0.15) is 0 Å². The third kappa shape index (κ3) is 4.04. The van der Waals surface area contributed by atoms with Gasteiger partial charge in [0.1, 0.15) is 11.7 Å². The standard InChI is InChI=1S/C19H26FN3O3/c1-26-13-19(7-9-21-10-8-19)12-22-17(24)16-6-11-23(18(16)25)15-4-2-14(20)3-5-15/h2-5,16,21H,6-13H2,1H3,(H,22,24). The predicted molar refractivity (Wildman–Crippen MR) is 96.3 cm³/mol. The van der Waals surface area contributed by atoms with E-state index in [-0.39, 0.29) is 23.0 Å².